The van der Waals surface area contributed by atoms with Gasteiger partial charge in [-0.25, -0.2) is 9.59 Å². The van der Waals surface area contributed by atoms with Crippen molar-refractivity contribution in [3.05, 3.63) is 60.3 Å². The Balaban J connectivity index is 0.710. The number of aliphatic hydroxyl groups is 25. The van der Waals surface area contributed by atoms with Crippen molar-refractivity contribution in [3.8, 4) is 0 Å². The zero-order valence-corrected chi connectivity index (χ0v) is 87.2. The van der Waals surface area contributed by atoms with Gasteiger partial charge in [0, 0.05) is 23.0 Å². The molecule has 858 valence electrons. The van der Waals surface area contributed by atoms with Gasteiger partial charge >= 0.3 is 17.9 Å². The summed E-state index contributed by atoms with van der Waals surface area (Å²) in [5, 5.41) is 280. The van der Waals surface area contributed by atoms with Gasteiger partial charge in [-0.2, -0.15) is 0 Å². The predicted molar refractivity (Wildman–Crippen MR) is 506 cm³/mol. The quantitative estimate of drug-likeness (QED) is 0.00960. The molecule has 48 heteroatoms. The Labute approximate surface area is 869 Å². The van der Waals surface area contributed by atoms with E-state index >= 15 is 9.59 Å². The van der Waals surface area contributed by atoms with Gasteiger partial charge in [0.15, 0.2) is 62.5 Å². The number of rotatable bonds is 33. The average molecular weight is 2160 g/mol. The summed E-state index contributed by atoms with van der Waals surface area (Å²) in [6.45, 7) is 30.4. The fourth-order valence-corrected chi connectivity index (χ4v) is 25.5. The van der Waals surface area contributed by atoms with Crippen LogP contribution in [0.2, 0.25) is 0 Å². The Morgan fingerprint density at radius 2 is 0.833 bits per heavy atom. The molecular weight excluding hydrogens is 1990 g/mol. The largest absolute Gasteiger partial charge is 0.458 e. The van der Waals surface area contributed by atoms with Crippen molar-refractivity contribution >= 4 is 17.9 Å². The Bertz CT molecular complexity index is 4640. The molecule has 14 aliphatic rings. The van der Waals surface area contributed by atoms with Crippen molar-refractivity contribution in [2.75, 3.05) is 33.0 Å². The number of hydrogen-bond acceptors (Lipinski definition) is 48. The second kappa shape index (κ2) is 47.4. The number of esters is 3. The maximum absolute atomic E-state index is 16.7. The van der Waals surface area contributed by atoms with E-state index in [-0.39, 0.29) is 67.9 Å². The monoisotopic (exact) mass is 2160 g/mol. The molecule has 0 bridgehead atoms. The fraction of sp³-hybridized carbons (Fsp3) is 0.873. The summed E-state index contributed by atoms with van der Waals surface area (Å²) < 4.78 is 122. The summed E-state index contributed by atoms with van der Waals surface area (Å²) >= 11 is 0. The summed E-state index contributed by atoms with van der Waals surface area (Å²) in [5.74, 6) is -4.41. The number of carbonyl (C=O) groups is 3. The average Bonchev–Trinajstić information content (AvgIpc) is 0.665. The van der Waals surface area contributed by atoms with Crippen LogP contribution in [-0.4, -0.2) is 472 Å². The lowest BCUT2D eigenvalue weighted by molar-refractivity contribution is -0.385. The highest BCUT2D eigenvalue weighted by molar-refractivity contribution is 5.88. The normalized spacial score (nSPS) is 49.7. The second-order valence-electron chi connectivity index (χ2n) is 46.2. The van der Waals surface area contributed by atoms with Crippen molar-refractivity contribution < 1.29 is 237 Å². The molecule has 0 aromatic heterocycles. The summed E-state index contributed by atoms with van der Waals surface area (Å²) in [6, 6.07) is 0. The first-order chi connectivity index (χ1) is 70.2. The first-order valence-electron chi connectivity index (χ1n) is 52.1. The molecule has 9 saturated heterocycles. The minimum absolute atomic E-state index is 0.00236. The Morgan fingerprint density at radius 3 is 1.39 bits per heavy atom. The zero-order valence-electron chi connectivity index (χ0n) is 87.2. The highest BCUT2D eigenvalue weighted by Gasteiger charge is 2.75. The minimum atomic E-state index is -2.17. The third kappa shape index (κ3) is 23.3. The Kier molecular flexibility index (Phi) is 38.2. The molecule has 55 atom stereocenters. The molecule has 0 radical (unpaired) electrons. The third-order valence-electron chi connectivity index (χ3n) is 35.6. The van der Waals surface area contributed by atoms with Gasteiger partial charge in [-0.1, -0.05) is 84.4 Å². The maximum Gasteiger partial charge on any atom is 0.333 e. The number of carbonyl (C=O) groups excluding carboxylic acids is 3. The Hall–Kier alpha value is -4.57. The number of aliphatic hydroxyl groups excluding tert-OH is 25. The lowest BCUT2D eigenvalue weighted by Gasteiger charge is -2.72. The van der Waals surface area contributed by atoms with Crippen LogP contribution in [0.25, 0.3) is 0 Å². The van der Waals surface area contributed by atoms with Crippen molar-refractivity contribution in [2.24, 2.45) is 50.2 Å². The Morgan fingerprint density at radius 1 is 0.413 bits per heavy atom. The van der Waals surface area contributed by atoms with Crippen LogP contribution in [0, 0.1) is 50.2 Å². The highest BCUT2D eigenvalue weighted by atomic mass is 16.8. The van der Waals surface area contributed by atoms with E-state index in [1.54, 1.807) is 26.0 Å². The van der Waals surface area contributed by atoms with E-state index in [1.807, 2.05) is 27.7 Å². The summed E-state index contributed by atoms with van der Waals surface area (Å²) in [5.41, 5.74) is -8.17. The molecule has 9 heterocycles. The van der Waals surface area contributed by atoms with Gasteiger partial charge in [-0.05, 0) is 165 Å². The fourth-order valence-electron chi connectivity index (χ4n) is 25.5. The van der Waals surface area contributed by atoms with Gasteiger partial charge in [0.25, 0.3) is 0 Å². The summed E-state index contributed by atoms with van der Waals surface area (Å²) in [6.07, 6.45) is -67.2. The molecule has 13 fully saturated rings. The molecule has 5 aliphatic carbocycles. The van der Waals surface area contributed by atoms with E-state index < -0.39 is 389 Å². The molecule has 9 aliphatic heterocycles. The molecule has 0 spiro atoms. The SMILES string of the molecule is C=C[C@@](C)(CC/C=C(\C)C(=O)O[C@H]1[C@H](O)[C@@H](O)[C@H](O[C@](C)(C=C)CC/C=C(\C)C(=O)O[C@H]2C[C@]3(C(=O)O[C@@H]4O[C@H](CO)[C@@H](O)[C@H](O)[C@H]4O[C@H]4O[C@H](C)[C@@H](O[C@@H]5OC[C@@H](O)[C@H](O)[C@H]5O)C(O)C4O)C(O)C[C@]4(C)C(=CC[C@@H]5[C@@]6(C)CC[C@H](O[C@@H]7O[C@H](CO[C@@H]8O[C@H](C)[C@H](O)[C@H](O)[C@H]8O[C@@H]8OC[C@@H](O)[C@H](O)[C@H]8O)[C@@H](O)[C@H](O)[C@H]7O[C@@H]7O[C@H](CO)[C@@H](O)[C@H](O)[C@H]7O)C(C)(C)[C@@H]6CC[C@]54C)[C@@H]3CC2(C)C)O[C@@H]1C)O[C@@H]1O[C@H](C)[C@@H](O)[C@H](O)[C@H]1O. The summed E-state index contributed by atoms with van der Waals surface area (Å²) in [4.78, 5) is 45.4. The maximum atomic E-state index is 16.7. The number of fused-ring (bicyclic) bond motifs is 7. The number of hydrogen-bond donors (Lipinski definition) is 25. The number of ether oxygens (including phenoxy) is 20. The standard InChI is InChI=1S/C102H162O48/c1-18-97(13,149-89-75(125)65(115)58(108)42(5)134-89)29-21-23-41(4)84(129)143-78-44(7)137-90(77(127)71(78)121)150-98(14,19-2)28-20-22-40(3)83(128)141-57-34-102(94(130)148-93-82(68(118)63(113)51(36-104)139-93)146-87-76(126)70(120)79(45(8)136-87)144-85-72(122)60(110)48(105)37-131-85)47(32-95(57,9)10)46-24-25-54-99(15)30-27-56(96(11,12)53(99)26-31-100(54,16)101(46,17)33-55(102)107)142-92-81(147-88-74(124)66(116)62(112)50(35-103)138-88)69(119)64(114)52(140-92)39-133-91-80(67(117)59(109)43(6)135-91)145-86-73(123)61(111)49(106)38-132-86/h18-19,22-24,42-45,47-82,85-93,103-127H,1-2,20-21,25-39H2,3-17H3/b40-22+,41-23+/t42-,43-,44-,45-,47+,48-,49-,50-,51-,52-,53+,54-,55?,56+,57+,58-,59+,60+,61+,62-,63-,64-,65+,66+,67+,68+,69+,70?,71-,72-,73-,74-,75-,76?,77-,78-,79-,80-,81-,82-,85+,86+,87-,88+,89+,90+,91-,92+,93+,97+,98-,99+,100-,101-,102-/m1/s1. The lowest BCUT2D eigenvalue weighted by atomic mass is 9.33. The third-order valence-corrected chi connectivity index (χ3v) is 35.6. The zero-order chi connectivity index (χ0) is 110. The van der Waals surface area contributed by atoms with Crippen LogP contribution in [0.3, 0.4) is 0 Å². The second-order valence-corrected chi connectivity index (χ2v) is 46.2. The van der Waals surface area contributed by atoms with Gasteiger partial charge in [0.05, 0.1) is 80.9 Å². The van der Waals surface area contributed by atoms with E-state index in [0.717, 1.165) is 5.57 Å². The van der Waals surface area contributed by atoms with Crippen LogP contribution in [0.5, 0.6) is 0 Å². The van der Waals surface area contributed by atoms with E-state index in [2.05, 4.69) is 40.0 Å². The molecule has 150 heavy (non-hydrogen) atoms. The van der Waals surface area contributed by atoms with Gasteiger partial charge in [0.2, 0.25) is 6.29 Å². The van der Waals surface area contributed by atoms with E-state index in [0.29, 0.717) is 25.7 Å². The van der Waals surface area contributed by atoms with E-state index in [1.165, 1.54) is 53.7 Å². The van der Waals surface area contributed by atoms with Crippen LogP contribution < -0.4 is 0 Å². The summed E-state index contributed by atoms with van der Waals surface area (Å²) in [7, 11) is 0. The van der Waals surface area contributed by atoms with Crippen molar-refractivity contribution in [3.63, 3.8) is 0 Å². The minimum Gasteiger partial charge on any atom is -0.458 e. The first kappa shape index (κ1) is 121. The molecular formula is C102H162O48. The van der Waals surface area contributed by atoms with Gasteiger partial charge in [-0.15, -0.1) is 13.2 Å². The van der Waals surface area contributed by atoms with Crippen LogP contribution >= 0.6 is 0 Å². The lowest BCUT2D eigenvalue weighted by Crippen LogP contribution is -2.70. The smallest absolute Gasteiger partial charge is 0.333 e. The molecule has 14 rings (SSSR count). The van der Waals surface area contributed by atoms with Gasteiger partial charge in [-0.3, -0.25) is 4.79 Å². The van der Waals surface area contributed by atoms with Gasteiger partial charge in [0.1, 0.15) is 182 Å². The van der Waals surface area contributed by atoms with Crippen molar-refractivity contribution in [2.45, 2.75) is 475 Å². The van der Waals surface area contributed by atoms with Crippen LogP contribution in [0.4, 0.5) is 0 Å². The molecule has 0 amide bonds. The molecule has 3 unspecified atom stereocenters. The van der Waals surface area contributed by atoms with Gasteiger partial charge < -0.3 is 222 Å². The van der Waals surface area contributed by atoms with Crippen LogP contribution in [0.1, 0.15) is 181 Å². The highest BCUT2D eigenvalue weighted by Crippen LogP contribution is 2.77. The first-order valence-corrected chi connectivity index (χ1v) is 52.1. The molecule has 25 N–H and O–H groups in total. The van der Waals surface area contributed by atoms with Crippen LogP contribution in [-0.2, 0) is 109 Å². The topological polar surface area (TPSA) is 742 Å². The van der Waals surface area contributed by atoms with Crippen molar-refractivity contribution in [1.29, 1.82) is 0 Å². The van der Waals surface area contributed by atoms with Crippen LogP contribution in [0.15, 0.2) is 60.3 Å². The molecule has 0 aromatic carbocycles. The van der Waals surface area contributed by atoms with Crippen molar-refractivity contribution in [1.82, 2.24) is 0 Å². The predicted octanol–water partition coefficient (Wildman–Crippen LogP) is -5.16. The number of allylic oxidation sites excluding steroid dienone is 4. The molecule has 4 saturated carbocycles. The molecule has 48 nitrogen and oxygen atoms in total. The van der Waals surface area contributed by atoms with E-state index in [4.69, 9.17) is 94.7 Å². The van der Waals surface area contributed by atoms with E-state index in [9.17, 15) is 132 Å². The molecule has 0 aromatic rings.